The van der Waals surface area contributed by atoms with E-state index in [0.717, 1.165) is 11.6 Å². The van der Waals surface area contributed by atoms with E-state index in [1.54, 1.807) is 12.3 Å². The topological polar surface area (TPSA) is 127 Å². The van der Waals surface area contributed by atoms with Crippen molar-refractivity contribution in [2.24, 2.45) is 0 Å². The van der Waals surface area contributed by atoms with Gasteiger partial charge < -0.3 is 15.1 Å². The number of anilines is 1. The normalized spacial score (nSPS) is 10.1. The monoisotopic (exact) mass is 318 g/mol. The van der Waals surface area contributed by atoms with Gasteiger partial charge in [-0.2, -0.15) is 0 Å². The predicted octanol–water partition coefficient (Wildman–Crippen LogP) is 1.65. The molecule has 120 valence electrons. The molecule has 2 N–H and O–H groups in total. The smallest absolute Gasteiger partial charge is 0.395 e. The molecular weight excluding hydrogens is 304 g/mol. The van der Waals surface area contributed by atoms with Crippen LogP contribution in [0.4, 0.5) is 11.7 Å². The molecular formula is C14H14N4O5. The molecule has 0 fully saturated rings. The lowest BCUT2D eigenvalue weighted by Crippen LogP contribution is -2.27. The molecule has 0 saturated carbocycles. The van der Waals surface area contributed by atoms with Gasteiger partial charge in [-0.05, 0) is 24.6 Å². The summed E-state index contributed by atoms with van der Waals surface area (Å²) in [5.74, 6) is -1.21. The van der Waals surface area contributed by atoms with E-state index in [1.165, 1.54) is 6.07 Å². The molecule has 2 rings (SSSR count). The Bertz CT molecular complexity index is 723. The summed E-state index contributed by atoms with van der Waals surface area (Å²) in [5, 5.41) is 15.5. The molecule has 23 heavy (non-hydrogen) atoms. The van der Waals surface area contributed by atoms with Crippen LogP contribution in [-0.2, 0) is 4.79 Å². The first kappa shape index (κ1) is 16.1. The summed E-state index contributed by atoms with van der Waals surface area (Å²) in [6.07, 6.45) is 1.66. The van der Waals surface area contributed by atoms with Crippen LogP contribution in [0.15, 0.2) is 34.9 Å². The Balaban J connectivity index is 1.77. The zero-order valence-corrected chi connectivity index (χ0v) is 12.2. The number of hydrogen-bond donors (Lipinski definition) is 2. The lowest BCUT2D eigenvalue weighted by molar-refractivity contribution is -0.402. The molecule has 2 aromatic rings. The van der Waals surface area contributed by atoms with Gasteiger partial charge in [0.1, 0.15) is 10.7 Å². The van der Waals surface area contributed by atoms with Crippen LogP contribution in [0.25, 0.3) is 0 Å². The van der Waals surface area contributed by atoms with Crippen LogP contribution in [0.3, 0.4) is 0 Å². The molecule has 9 heteroatoms. The van der Waals surface area contributed by atoms with E-state index in [1.807, 2.05) is 13.0 Å². The molecule has 0 aliphatic carbocycles. The van der Waals surface area contributed by atoms with E-state index in [9.17, 15) is 19.7 Å². The lowest BCUT2D eigenvalue weighted by atomic mass is 10.3. The van der Waals surface area contributed by atoms with E-state index >= 15 is 0 Å². The van der Waals surface area contributed by atoms with Gasteiger partial charge in [0.05, 0.1) is 6.07 Å². The standard InChI is InChI=1S/C14H14N4O5/c1-9-2-4-11(16-8-9)17-12(19)6-7-15-14(20)10-3-5-13(23-10)18(21)22/h2-5,8H,6-7H2,1H3,(H,15,20)(H,16,17,19). The van der Waals surface area contributed by atoms with Crippen LogP contribution in [0.2, 0.25) is 0 Å². The van der Waals surface area contributed by atoms with E-state index in [2.05, 4.69) is 15.6 Å². The highest BCUT2D eigenvalue weighted by Gasteiger charge is 2.17. The van der Waals surface area contributed by atoms with E-state index in [4.69, 9.17) is 4.42 Å². The molecule has 2 aromatic heterocycles. The number of carbonyl (C=O) groups is 2. The Morgan fingerprint density at radius 2 is 2.09 bits per heavy atom. The molecule has 2 heterocycles. The van der Waals surface area contributed by atoms with Crippen molar-refractivity contribution in [3.05, 3.63) is 51.9 Å². The highest BCUT2D eigenvalue weighted by Crippen LogP contribution is 2.15. The number of nitro groups is 1. The van der Waals surface area contributed by atoms with Gasteiger partial charge in [-0.15, -0.1) is 0 Å². The number of hydrogen-bond acceptors (Lipinski definition) is 6. The molecule has 0 aliphatic rings. The van der Waals surface area contributed by atoms with Gasteiger partial charge in [-0.1, -0.05) is 6.07 Å². The third-order valence-corrected chi connectivity index (χ3v) is 2.81. The largest absolute Gasteiger partial charge is 0.433 e. The van der Waals surface area contributed by atoms with Crippen molar-refractivity contribution in [3.63, 3.8) is 0 Å². The maximum atomic E-state index is 11.7. The number of nitrogens with zero attached hydrogens (tertiary/aromatic N) is 2. The van der Waals surface area contributed by atoms with E-state index < -0.39 is 16.7 Å². The Kier molecular flexibility index (Phi) is 5.03. The summed E-state index contributed by atoms with van der Waals surface area (Å²) < 4.78 is 4.75. The van der Waals surface area contributed by atoms with Gasteiger partial charge in [-0.25, -0.2) is 4.98 Å². The quantitative estimate of drug-likeness (QED) is 0.615. The molecule has 0 radical (unpaired) electrons. The predicted molar refractivity (Wildman–Crippen MR) is 79.9 cm³/mol. The molecule has 9 nitrogen and oxygen atoms in total. The fourth-order valence-electron chi connectivity index (χ4n) is 1.67. The fourth-order valence-corrected chi connectivity index (χ4v) is 1.67. The van der Waals surface area contributed by atoms with Gasteiger partial charge in [0.2, 0.25) is 5.91 Å². The second kappa shape index (κ2) is 7.16. The van der Waals surface area contributed by atoms with Crippen LogP contribution in [-0.4, -0.2) is 28.3 Å². The maximum Gasteiger partial charge on any atom is 0.433 e. The maximum absolute atomic E-state index is 11.7. The summed E-state index contributed by atoms with van der Waals surface area (Å²) >= 11 is 0. The van der Waals surface area contributed by atoms with Crippen molar-refractivity contribution in [1.29, 1.82) is 0 Å². The van der Waals surface area contributed by atoms with Crippen molar-refractivity contribution in [1.82, 2.24) is 10.3 Å². The number of amides is 2. The summed E-state index contributed by atoms with van der Waals surface area (Å²) in [7, 11) is 0. The molecule has 0 aromatic carbocycles. The van der Waals surface area contributed by atoms with E-state index in [-0.39, 0.29) is 24.6 Å². The molecule has 0 bridgehead atoms. The zero-order valence-electron chi connectivity index (χ0n) is 12.2. The van der Waals surface area contributed by atoms with Crippen LogP contribution in [0.1, 0.15) is 22.5 Å². The van der Waals surface area contributed by atoms with Crippen molar-refractivity contribution in [2.75, 3.05) is 11.9 Å². The number of rotatable bonds is 6. The number of aryl methyl sites for hydroxylation is 1. The summed E-state index contributed by atoms with van der Waals surface area (Å²) in [6, 6.07) is 5.77. The molecule has 0 aliphatic heterocycles. The Labute approximate surface area is 130 Å². The highest BCUT2D eigenvalue weighted by atomic mass is 16.6. The Hall–Kier alpha value is -3.23. The minimum Gasteiger partial charge on any atom is -0.395 e. The van der Waals surface area contributed by atoms with Crippen molar-refractivity contribution >= 4 is 23.5 Å². The molecule has 0 saturated heterocycles. The summed E-state index contributed by atoms with van der Waals surface area (Å²) in [6.45, 7) is 1.94. The second-order valence-corrected chi connectivity index (χ2v) is 4.67. The van der Waals surface area contributed by atoms with Gasteiger partial charge in [0.25, 0.3) is 5.91 Å². The molecule has 0 unspecified atom stereocenters. The average molecular weight is 318 g/mol. The second-order valence-electron chi connectivity index (χ2n) is 4.67. The van der Waals surface area contributed by atoms with Crippen LogP contribution in [0.5, 0.6) is 0 Å². The molecule has 2 amide bonds. The van der Waals surface area contributed by atoms with Crippen molar-refractivity contribution in [2.45, 2.75) is 13.3 Å². The minimum atomic E-state index is -0.737. The van der Waals surface area contributed by atoms with Gasteiger partial charge >= 0.3 is 5.88 Å². The lowest BCUT2D eigenvalue weighted by Gasteiger charge is -2.05. The first-order valence-corrected chi connectivity index (χ1v) is 6.70. The Morgan fingerprint density at radius 1 is 1.30 bits per heavy atom. The summed E-state index contributed by atoms with van der Waals surface area (Å²) in [5.41, 5.74) is 0.975. The SMILES string of the molecule is Cc1ccc(NC(=O)CCNC(=O)c2ccc([N+](=O)[O-])o2)nc1. The third-order valence-electron chi connectivity index (χ3n) is 2.81. The van der Waals surface area contributed by atoms with Crippen LogP contribution in [0, 0.1) is 17.0 Å². The fraction of sp³-hybridized carbons (Fsp3) is 0.214. The van der Waals surface area contributed by atoms with Gasteiger partial charge in [0, 0.05) is 19.2 Å². The number of nitrogens with one attached hydrogen (secondary N) is 2. The summed E-state index contributed by atoms with van der Waals surface area (Å²) in [4.78, 5) is 37.1. The first-order valence-electron chi connectivity index (χ1n) is 6.70. The van der Waals surface area contributed by atoms with Crippen LogP contribution < -0.4 is 10.6 Å². The van der Waals surface area contributed by atoms with Crippen LogP contribution >= 0.6 is 0 Å². The van der Waals surface area contributed by atoms with E-state index in [0.29, 0.717) is 5.82 Å². The third kappa shape index (κ3) is 4.63. The highest BCUT2D eigenvalue weighted by molar-refractivity contribution is 5.93. The van der Waals surface area contributed by atoms with Gasteiger partial charge in [-0.3, -0.25) is 19.7 Å². The minimum absolute atomic E-state index is 0.0318. The zero-order chi connectivity index (χ0) is 16.8. The van der Waals surface area contributed by atoms with Gasteiger partial charge in [0.15, 0.2) is 5.76 Å². The molecule has 0 atom stereocenters. The number of carbonyl (C=O) groups excluding carboxylic acids is 2. The average Bonchev–Trinajstić information content (AvgIpc) is 3.00. The number of aromatic nitrogens is 1. The Morgan fingerprint density at radius 3 is 2.70 bits per heavy atom. The molecule has 0 spiro atoms. The number of pyridine rings is 1. The number of furan rings is 1. The van der Waals surface area contributed by atoms with Crippen molar-refractivity contribution in [3.8, 4) is 0 Å². The first-order chi connectivity index (χ1) is 11.0. The van der Waals surface area contributed by atoms with Crippen molar-refractivity contribution < 1.29 is 18.9 Å².